The number of ether oxygens (including phenoxy) is 1. The van der Waals surface area contributed by atoms with Gasteiger partial charge in [-0.2, -0.15) is 0 Å². The summed E-state index contributed by atoms with van der Waals surface area (Å²) in [5, 5.41) is 1.99. The number of hydrogen-bond donors (Lipinski definition) is 1. The fraction of sp³-hybridized carbons (Fsp3) is 0.400. The smallest absolute Gasteiger partial charge is 0.214 e. The Kier molecular flexibility index (Phi) is 9.05. The molecule has 1 aromatic heterocycles. The predicted octanol–water partition coefficient (Wildman–Crippen LogP) is 4.67. The average molecular weight is 471 g/mol. The minimum Gasteiger partial charge on any atom is -0.495 e. The SMILES string of the molecule is CN=C(N)N(c1cc(SCCCN2CCCCC2)ccc1OC)c1occ2ccccc12.O. The minimum atomic E-state index is 0. The largest absolute Gasteiger partial charge is 0.495 e. The molecule has 7 nitrogen and oxygen atoms in total. The molecular formula is C25H34N4O3S. The van der Waals surface area contributed by atoms with Gasteiger partial charge in [-0.25, -0.2) is 4.90 Å². The molecule has 2 heterocycles. The Hall–Kier alpha value is -2.68. The van der Waals surface area contributed by atoms with Crippen LogP contribution < -0.4 is 15.4 Å². The fourth-order valence-electron chi connectivity index (χ4n) is 4.18. The van der Waals surface area contributed by atoms with Crippen molar-refractivity contribution in [2.75, 3.05) is 44.4 Å². The van der Waals surface area contributed by atoms with Gasteiger partial charge in [0.15, 0.2) is 0 Å². The maximum absolute atomic E-state index is 6.36. The van der Waals surface area contributed by atoms with Crippen LogP contribution >= 0.6 is 11.8 Å². The van der Waals surface area contributed by atoms with Crippen LogP contribution in [-0.4, -0.2) is 55.9 Å². The summed E-state index contributed by atoms with van der Waals surface area (Å²) in [6.45, 7) is 3.67. The summed E-state index contributed by atoms with van der Waals surface area (Å²) >= 11 is 1.86. The molecule has 0 spiro atoms. The number of fused-ring (bicyclic) bond motifs is 1. The van der Waals surface area contributed by atoms with Gasteiger partial charge in [0.2, 0.25) is 11.8 Å². The summed E-state index contributed by atoms with van der Waals surface area (Å²) in [6, 6.07) is 14.2. The molecule has 4 rings (SSSR count). The van der Waals surface area contributed by atoms with Crippen LogP contribution in [0.5, 0.6) is 5.75 Å². The first kappa shape index (κ1) is 25.0. The first-order valence-electron chi connectivity index (χ1n) is 11.2. The number of likely N-dealkylation sites (tertiary alicyclic amines) is 1. The van der Waals surface area contributed by atoms with Gasteiger partial charge < -0.3 is 25.3 Å². The molecule has 1 saturated heterocycles. The summed E-state index contributed by atoms with van der Waals surface area (Å²) in [5.41, 5.74) is 7.17. The summed E-state index contributed by atoms with van der Waals surface area (Å²) in [4.78, 5) is 9.84. The third kappa shape index (κ3) is 5.82. The molecule has 8 heteroatoms. The van der Waals surface area contributed by atoms with Gasteiger partial charge >= 0.3 is 0 Å². The molecule has 33 heavy (non-hydrogen) atoms. The molecule has 1 aliphatic heterocycles. The zero-order chi connectivity index (χ0) is 22.3. The Balaban J connectivity index is 0.00000306. The van der Waals surface area contributed by atoms with Crippen LogP contribution in [0.2, 0.25) is 0 Å². The number of thioether (sulfide) groups is 1. The van der Waals surface area contributed by atoms with Crippen LogP contribution in [0.15, 0.2) is 63.0 Å². The minimum absolute atomic E-state index is 0. The van der Waals surface area contributed by atoms with Crippen molar-refractivity contribution >= 4 is 40.1 Å². The highest BCUT2D eigenvalue weighted by molar-refractivity contribution is 7.99. The third-order valence-corrected chi connectivity index (χ3v) is 6.96. The fourth-order valence-corrected chi connectivity index (χ4v) is 5.05. The van der Waals surface area contributed by atoms with Crippen molar-refractivity contribution in [2.24, 2.45) is 10.7 Å². The molecule has 0 atom stereocenters. The van der Waals surface area contributed by atoms with Crippen LogP contribution in [0.3, 0.4) is 0 Å². The lowest BCUT2D eigenvalue weighted by Gasteiger charge is -2.26. The van der Waals surface area contributed by atoms with Crippen molar-refractivity contribution in [1.29, 1.82) is 0 Å². The maximum Gasteiger partial charge on any atom is 0.214 e. The molecule has 1 aliphatic rings. The summed E-state index contributed by atoms with van der Waals surface area (Å²) in [7, 11) is 3.35. The number of methoxy groups -OCH3 is 1. The van der Waals surface area contributed by atoms with E-state index in [2.05, 4.69) is 22.0 Å². The first-order valence-corrected chi connectivity index (χ1v) is 12.2. The van der Waals surface area contributed by atoms with E-state index in [4.69, 9.17) is 14.9 Å². The van der Waals surface area contributed by atoms with Crippen LogP contribution in [0.25, 0.3) is 10.8 Å². The molecule has 0 saturated carbocycles. The van der Waals surface area contributed by atoms with E-state index in [1.807, 2.05) is 47.0 Å². The molecule has 0 unspecified atom stereocenters. The standard InChI is InChI=1S/C25H32N4O2S.H2O/c1-27-25(26)29(24-21-10-5-4-9-19(21)18-31-24)22-17-20(11-12-23(22)30-2)32-16-8-15-28-13-6-3-7-14-28;/h4-5,9-12,17-18H,3,6-8,13-16H2,1-2H3,(H2,26,27);1H2. The van der Waals surface area contributed by atoms with E-state index in [1.165, 1.54) is 50.2 Å². The maximum atomic E-state index is 6.36. The molecule has 4 N–H and O–H groups in total. The Bertz CT molecular complexity index is 1060. The van der Waals surface area contributed by atoms with Gasteiger partial charge in [0, 0.05) is 22.7 Å². The van der Waals surface area contributed by atoms with E-state index in [9.17, 15) is 0 Å². The first-order chi connectivity index (χ1) is 15.7. The molecule has 0 amide bonds. The lowest BCUT2D eigenvalue weighted by Crippen LogP contribution is -2.33. The Morgan fingerprint density at radius 2 is 1.97 bits per heavy atom. The molecule has 2 aromatic carbocycles. The Morgan fingerprint density at radius 3 is 2.73 bits per heavy atom. The van der Waals surface area contributed by atoms with Crippen molar-refractivity contribution in [1.82, 2.24) is 4.90 Å². The highest BCUT2D eigenvalue weighted by Gasteiger charge is 2.23. The van der Waals surface area contributed by atoms with Gasteiger partial charge in [-0.05, 0) is 68.9 Å². The third-order valence-electron chi connectivity index (χ3n) is 5.88. The van der Waals surface area contributed by atoms with Crippen LogP contribution in [0, 0.1) is 0 Å². The normalized spacial score (nSPS) is 14.8. The average Bonchev–Trinajstić information content (AvgIpc) is 3.26. The number of aliphatic imine (C=N–C) groups is 1. The second kappa shape index (κ2) is 12.0. The van der Waals surface area contributed by atoms with Crippen LogP contribution in [0.4, 0.5) is 11.6 Å². The Labute approximate surface area is 199 Å². The second-order valence-electron chi connectivity index (χ2n) is 7.98. The molecular weight excluding hydrogens is 436 g/mol. The van der Waals surface area contributed by atoms with Gasteiger partial charge in [0.25, 0.3) is 0 Å². The van der Waals surface area contributed by atoms with Gasteiger partial charge in [-0.15, -0.1) is 11.8 Å². The number of guanidine groups is 1. The molecule has 178 valence electrons. The molecule has 0 aliphatic carbocycles. The Morgan fingerprint density at radius 1 is 1.18 bits per heavy atom. The lowest BCUT2D eigenvalue weighted by atomic mass is 10.1. The molecule has 3 aromatic rings. The van der Waals surface area contributed by atoms with Crippen molar-refractivity contribution in [3.63, 3.8) is 0 Å². The zero-order valence-electron chi connectivity index (χ0n) is 19.4. The highest BCUT2D eigenvalue weighted by Crippen LogP contribution is 2.40. The van der Waals surface area contributed by atoms with Gasteiger partial charge in [0.1, 0.15) is 12.0 Å². The molecule has 0 radical (unpaired) electrons. The van der Waals surface area contributed by atoms with Crippen LogP contribution in [0.1, 0.15) is 25.7 Å². The van der Waals surface area contributed by atoms with Gasteiger partial charge in [0.05, 0.1) is 12.8 Å². The van der Waals surface area contributed by atoms with Gasteiger partial charge in [-0.1, -0.05) is 24.6 Å². The number of nitrogens with zero attached hydrogens (tertiary/aromatic N) is 3. The number of anilines is 2. The summed E-state index contributed by atoms with van der Waals surface area (Å²) < 4.78 is 11.6. The molecule has 1 fully saturated rings. The number of benzene rings is 2. The number of piperidine rings is 1. The van der Waals surface area contributed by atoms with E-state index in [-0.39, 0.29) is 5.48 Å². The second-order valence-corrected chi connectivity index (χ2v) is 9.15. The number of nitrogens with two attached hydrogens (primary N) is 1. The monoisotopic (exact) mass is 470 g/mol. The van der Waals surface area contributed by atoms with E-state index in [0.717, 1.165) is 28.0 Å². The number of furan rings is 1. The van der Waals surface area contributed by atoms with E-state index < -0.39 is 0 Å². The van der Waals surface area contributed by atoms with Crippen molar-refractivity contribution in [2.45, 2.75) is 30.6 Å². The zero-order valence-corrected chi connectivity index (χ0v) is 20.2. The number of rotatable bonds is 8. The van der Waals surface area contributed by atoms with Crippen molar-refractivity contribution in [3.8, 4) is 5.75 Å². The van der Waals surface area contributed by atoms with Crippen molar-refractivity contribution < 1.29 is 14.6 Å². The highest BCUT2D eigenvalue weighted by atomic mass is 32.2. The predicted molar refractivity (Wildman–Crippen MR) is 138 cm³/mol. The summed E-state index contributed by atoms with van der Waals surface area (Å²) in [6.07, 6.45) is 6.98. The van der Waals surface area contributed by atoms with E-state index in [0.29, 0.717) is 11.8 Å². The summed E-state index contributed by atoms with van der Waals surface area (Å²) in [5.74, 6) is 2.77. The van der Waals surface area contributed by atoms with Crippen molar-refractivity contribution in [3.05, 3.63) is 48.7 Å². The lowest BCUT2D eigenvalue weighted by molar-refractivity contribution is 0.230. The van der Waals surface area contributed by atoms with Gasteiger partial charge in [-0.3, -0.25) is 4.99 Å². The topological polar surface area (TPSA) is 98.7 Å². The number of hydrogen-bond acceptors (Lipinski definition) is 5. The van der Waals surface area contributed by atoms with Crippen LogP contribution in [-0.2, 0) is 0 Å². The molecule has 0 bridgehead atoms. The van der Waals surface area contributed by atoms with E-state index >= 15 is 0 Å². The quantitative estimate of drug-likeness (QED) is 0.222. The van der Waals surface area contributed by atoms with E-state index in [1.54, 1.807) is 20.4 Å².